The third-order valence-electron chi connectivity index (χ3n) is 1.72. The topological polar surface area (TPSA) is 88.8 Å². The summed E-state index contributed by atoms with van der Waals surface area (Å²) >= 11 is 1.59. The van der Waals surface area contributed by atoms with Crippen LogP contribution in [-0.2, 0) is 6.54 Å². The molecular weight excluding hydrogens is 212 g/mol. The van der Waals surface area contributed by atoms with Gasteiger partial charge in [-0.25, -0.2) is 20.8 Å². The van der Waals surface area contributed by atoms with Crippen molar-refractivity contribution in [1.29, 1.82) is 0 Å². The number of nitrogens with zero attached hydrogens (tertiary/aromatic N) is 3. The van der Waals surface area contributed by atoms with Crippen molar-refractivity contribution in [2.24, 2.45) is 5.84 Å². The van der Waals surface area contributed by atoms with Gasteiger partial charge in [0.15, 0.2) is 0 Å². The highest BCUT2D eigenvalue weighted by molar-refractivity contribution is 7.09. The minimum absolute atomic E-state index is 0.576. The molecule has 78 valence electrons. The van der Waals surface area contributed by atoms with Crippen molar-refractivity contribution >= 4 is 23.0 Å². The summed E-state index contributed by atoms with van der Waals surface area (Å²) in [7, 11) is 0. The van der Waals surface area contributed by atoms with Crippen LogP contribution in [0.4, 0.5) is 11.6 Å². The van der Waals surface area contributed by atoms with Crippen LogP contribution in [-0.4, -0.2) is 15.0 Å². The van der Waals surface area contributed by atoms with Crippen molar-refractivity contribution in [2.75, 3.05) is 10.7 Å². The van der Waals surface area contributed by atoms with Crippen LogP contribution in [0, 0.1) is 0 Å². The molecule has 2 rings (SSSR count). The lowest BCUT2D eigenvalue weighted by atomic mass is 10.5. The maximum Gasteiger partial charge on any atom is 0.145 e. The van der Waals surface area contributed by atoms with Crippen LogP contribution in [0.2, 0.25) is 0 Å². The molecule has 0 radical (unpaired) electrons. The lowest BCUT2D eigenvalue weighted by molar-refractivity contribution is 1.05. The summed E-state index contributed by atoms with van der Waals surface area (Å²) < 4.78 is 0. The van der Waals surface area contributed by atoms with E-state index in [9.17, 15) is 0 Å². The van der Waals surface area contributed by atoms with E-state index in [1.54, 1.807) is 23.6 Å². The maximum atomic E-state index is 5.23. The normalized spacial score (nSPS) is 9.93. The zero-order valence-corrected chi connectivity index (χ0v) is 8.66. The summed E-state index contributed by atoms with van der Waals surface area (Å²) in [6.45, 7) is 0.651. The van der Waals surface area contributed by atoms with Gasteiger partial charge < -0.3 is 10.7 Å². The Morgan fingerprint density at radius 2 is 2.13 bits per heavy atom. The summed E-state index contributed by atoms with van der Waals surface area (Å²) in [4.78, 5) is 12.1. The molecular formula is C8H10N6S. The Morgan fingerprint density at radius 1 is 1.27 bits per heavy atom. The van der Waals surface area contributed by atoms with Crippen molar-refractivity contribution in [3.63, 3.8) is 0 Å². The van der Waals surface area contributed by atoms with Crippen molar-refractivity contribution in [3.8, 4) is 0 Å². The first-order valence-electron chi connectivity index (χ1n) is 4.29. The van der Waals surface area contributed by atoms with E-state index < -0.39 is 0 Å². The van der Waals surface area contributed by atoms with E-state index in [0.717, 1.165) is 5.01 Å². The summed E-state index contributed by atoms with van der Waals surface area (Å²) in [6.07, 6.45) is 3.22. The molecule has 0 aliphatic heterocycles. The molecule has 0 amide bonds. The van der Waals surface area contributed by atoms with Crippen LogP contribution in [0.15, 0.2) is 24.0 Å². The van der Waals surface area contributed by atoms with Gasteiger partial charge in [0.2, 0.25) is 0 Å². The first-order valence-corrected chi connectivity index (χ1v) is 5.17. The monoisotopic (exact) mass is 222 g/mol. The molecule has 2 aromatic rings. The predicted octanol–water partition coefficient (Wildman–Crippen LogP) is 0.831. The second-order valence-corrected chi connectivity index (χ2v) is 3.69. The average Bonchev–Trinajstić information content (AvgIpc) is 2.79. The van der Waals surface area contributed by atoms with Crippen LogP contribution in [0.1, 0.15) is 5.01 Å². The van der Waals surface area contributed by atoms with Crippen molar-refractivity contribution in [1.82, 2.24) is 15.0 Å². The molecule has 0 unspecified atom stereocenters. The molecule has 0 spiro atoms. The van der Waals surface area contributed by atoms with E-state index in [4.69, 9.17) is 5.84 Å². The molecule has 6 nitrogen and oxygen atoms in total. The highest BCUT2D eigenvalue weighted by atomic mass is 32.1. The largest absolute Gasteiger partial charge is 0.363 e. The minimum atomic E-state index is 0.576. The molecule has 7 heteroatoms. The number of hydrogen-bond donors (Lipinski definition) is 3. The van der Waals surface area contributed by atoms with Crippen LogP contribution in [0.3, 0.4) is 0 Å². The number of nitrogens with one attached hydrogen (secondary N) is 2. The number of aromatic nitrogens is 3. The van der Waals surface area contributed by atoms with Gasteiger partial charge in [0.25, 0.3) is 0 Å². The molecule has 0 aliphatic rings. The van der Waals surface area contributed by atoms with E-state index in [2.05, 4.69) is 25.7 Å². The number of anilines is 2. The summed E-state index contributed by atoms with van der Waals surface area (Å²) in [6, 6.07) is 1.73. The molecule has 15 heavy (non-hydrogen) atoms. The Balaban J connectivity index is 1.98. The molecule has 4 N–H and O–H groups in total. The Labute approximate surface area is 90.6 Å². The number of hydrogen-bond acceptors (Lipinski definition) is 7. The second-order valence-electron chi connectivity index (χ2n) is 2.71. The minimum Gasteiger partial charge on any atom is -0.363 e. The van der Waals surface area contributed by atoms with E-state index in [-0.39, 0.29) is 0 Å². The number of rotatable bonds is 4. The fourth-order valence-corrected chi connectivity index (χ4v) is 1.60. The first kappa shape index (κ1) is 9.81. The highest BCUT2D eigenvalue weighted by Crippen LogP contribution is 2.10. The van der Waals surface area contributed by atoms with Gasteiger partial charge in [-0.05, 0) is 0 Å². The Morgan fingerprint density at radius 3 is 2.87 bits per heavy atom. The zero-order chi connectivity index (χ0) is 10.5. The summed E-state index contributed by atoms with van der Waals surface area (Å²) in [5.74, 6) is 6.52. The van der Waals surface area contributed by atoms with Gasteiger partial charge in [-0.1, -0.05) is 0 Å². The molecule has 0 fully saturated rings. The van der Waals surface area contributed by atoms with Crippen molar-refractivity contribution < 1.29 is 0 Å². The second kappa shape index (κ2) is 4.67. The summed E-state index contributed by atoms with van der Waals surface area (Å²) in [5.41, 5.74) is 2.46. The fourth-order valence-electron chi connectivity index (χ4n) is 1.04. The molecule has 0 aliphatic carbocycles. The van der Waals surface area contributed by atoms with E-state index in [1.807, 2.05) is 5.38 Å². The maximum absolute atomic E-state index is 5.23. The SMILES string of the molecule is NNc1cc(NCc2nccs2)ncn1. The number of thiazole rings is 1. The third kappa shape index (κ3) is 2.61. The van der Waals surface area contributed by atoms with Crippen LogP contribution < -0.4 is 16.6 Å². The lowest BCUT2D eigenvalue weighted by Gasteiger charge is -2.04. The Hall–Kier alpha value is -1.73. The third-order valence-corrected chi connectivity index (χ3v) is 2.50. The van der Waals surface area contributed by atoms with E-state index >= 15 is 0 Å². The van der Waals surface area contributed by atoms with E-state index in [0.29, 0.717) is 18.2 Å². The average molecular weight is 222 g/mol. The predicted molar refractivity (Wildman–Crippen MR) is 59.3 cm³/mol. The fraction of sp³-hybridized carbons (Fsp3) is 0.125. The number of hydrazine groups is 1. The van der Waals surface area contributed by atoms with Gasteiger partial charge in [-0.3, -0.25) is 0 Å². The zero-order valence-electron chi connectivity index (χ0n) is 7.84. The van der Waals surface area contributed by atoms with Gasteiger partial charge in [-0.15, -0.1) is 11.3 Å². The molecule has 0 saturated heterocycles. The standard InChI is InChI=1S/C8H10N6S/c9-14-7-3-6(12-5-13-7)11-4-8-10-1-2-15-8/h1-3,5H,4,9H2,(H2,11,12,13,14). The smallest absolute Gasteiger partial charge is 0.145 e. The highest BCUT2D eigenvalue weighted by Gasteiger charge is 1.98. The van der Waals surface area contributed by atoms with Gasteiger partial charge in [0.05, 0.1) is 6.54 Å². The Kier molecular flexibility index (Phi) is 3.05. The lowest BCUT2D eigenvalue weighted by Crippen LogP contribution is -2.09. The molecule has 0 bridgehead atoms. The van der Waals surface area contributed by atoms with Gasteiger partial charge >= 0.3 is 0 Å². The molecule has 0 saturated carbocycles. The van der Waals surface area contributed by atoms with Gasteiger partial charge in [0, 0.05) is 17.6 Å². The molecule has 2 heterocycles. The number of nitrogens with two attached hydrogens (primary N) is 1. The first-order chi connectivity index (χ1) is 7.38. The Bertz CT molecular complexity index is 415. The molecule has 0 aromatic carbocycles. The van der Waals surface area contributed by atoms with Crippen molar-refractivity contribution in [2.45, 2.75) is 6.54 Å². The summed E-state index contributed by atoms with van der Waals surface area (Å²) in [5, 5.41) is 6.07. The van der Waals surface area contributed by atoms with Crippen LogP contribution >= 0.6 is 11.3 Å². The quantitative estimate of drug-likeness (QED) is 0.524. The van der Waals surface area contributed by atoms with E-state index in [1.165, 1.54) is 6.33 Å². The van der Waals surface area contributed by atoms with Crippen LogP contribution in [0.25, 0.3) is 0 Å². The molecule has 0 atom stereocenters. The van der Waals surface area contributed by atoms with Gasteiger partial charge in [0.1, 0.15) is 23.0 Å². The van der Waals surface area contributed by atoms with Gasteiger partial charge in [-0.2, -0.15) is 0 Å². The van der Waals surface area contributed by atoms with Crippen molar-refractivity contribution in [3.05, 3.63) is 29.0 Å². The van der Waals surface area contributed by atoms with Crippen LogP contribution in [0.5, 0.6) is 0 Å². The number of nitrogen functional groups attached to an aromatic ring is 1. The molecule has 2 aromatic heterocycles.